The normalized spacial score (nSPS) is 22.3. The number of benzene rings is 1. The molecule has 0 fully saturated rings. The number of carbonyl (C=O) groups excluding carboxylic acids is 1. The van der Waals surface area contributed by atoms with Crippen molar-refractivity contribution in [1.29, 1.82) is 0 Å². The number of carbonyl (C=O) groups is 1. The number of ketones is 1. The summed E-state index contributed by atoms with van der Waals surface area (Å²) < 4.78 is 0. The molecule has 0 spiro atoms. The van der Waals surface area contributed by atoms with Crippen LogP contribution in [-0.4, -0.2) is 22.1 Å². The summed E-state index contributed by atoms with van der Waals surface area (Å²) in [6.07, 6.45) is 3.42. The van der Waals surface area contributed by atoms with Gasteiger partial charge in [-0.05, 0) is 41.8 Å². The maximum absolute atomic E-state index is 12.0. The SMILES string of the molecule is O=C1C2=CC(O)CC=C2c2ccc(O)cc21. The van der Waals surface area contributed by atoms with Crippen LogP contribution >= 0.6 is 0 Å². The molecule has 2 aliphatic rings. The fourth-order valence-corrected chi connectivity index (χ4v) is 2.25. The largest absolute Gasteiger partial charge is 0.508 e. The van der Waals surface area contributed by atoms with Crippen molar-refractivity contribution in [3.8, 4) is 5.75 Å². The highest BCUT2D eigenvalue weighted by atomic mass is 16.3. The molecule has 2 N–H and O–H groups in total. The van der Waals surface area contributed by atoms with Crippen molar-refractivity contribution in [2.45, 2.75) is 12.5 Å². The molecular formula is C13H10O3. The Hall–Kier alpha value is -1.87. The molecule has 16 heavy (non-hydrogen) atoms. The van der Waals surface area contributed by atoms with Crippen LogP contribution in [0.2, 0.25) is 0 Å². The number of hydrogen-bond donors (Lipinski definition) is 2. The van der Waals surface area contributed by atoms with Gasteiger partial charge in [-0.2, -0.15) is 0 Å². The lowest BCUT2D eigenvalue weighted by Gasteiger charge is -2.11. The van der Waals surface area contributed by atoms with Gasteiger partial charge in [0.1, 0.15) is 5.75 Å². The van der Waals surface area contributed by atoms with Crippen molar-refractivity contribution >= 4 is 11.4 Å². The van der Waals surface area contributed by atoms with E-state index >= 15 is 0 Å². The summed E-state index contributed by atoms with van der Waals surface area (Å²) in [6.45, 7) is 0. The third-order valence-corrected chi connectivity index (χ3v) is 3.00. The highest BCUT2D eigenvalue weighted by Crippen LogP contribution is 2.40. The summed E-state index contributed by atoms with van der Waals surface area (Å²) in [5.41, 5.74) is 2.80. The van der Waals surface area contributed by atoms with Crippen LogP contribution in [0.1, 0.15) is 22.3 Å². The first kappa shape index (κ1) is 9.36. The average Bonchev–Trinajstić information content (AvgIpc) is 2.53. The molecule has 0 heterocycles. The average molecular weight is 214 g/mol. The zero-order chi connectivity index (χ0) is 11.3. The van der Waals surface area contributed by atoms with Gasteiger partial charge in [-0.1, -0.05) is 6.08 Å². The van der Waals surface area contributed by atoms with E-state index in [4.69, 9.17) is 0 Å². The smallest absolute Gasteiger partial charge is 0.194 e. The number of rotatable bonds is 0. The number of allylic oxidation sites excluding steroid dienone is 2. The summed E-state index contributed by atoms with van der Waals surface area (Å²) in [5, 5.41) is 18.8. The van der Waals surface area contributed by atoms with Gasteiger partial charge in [-0.25, -0.2) is 0 Å². The van der Waals surface area contributed by atoms with Gasteiger partial charge in [0.05, 0.1) is 6.10 Å². The molecule has 0 bridgehead atoms. The number of phenols is 1. The molecule has 1 aromatic carbocycles. The zero-order valence-electron chi connectivity index (χ0n) is 8.47. The molecule has 3 heteroatoms. The Morgan fingerprint density at radius 3 is 2.81 bits per heavy atom. The Balaban J connectivity index is 2.24. The highest BCUT2D eigenvalue weighted by Gasteiger charge is 2.32. The van der Waals surface area contributed by atoms with Gasteiger partial charge in [0.15, 0.2) is 5.78 Å². The summed E-state index contributed by atoms with van der Waals surface area (Å²) in [6, 6.07) is 4.79. The fourth-order valence-electron chi connectivity index (χ4n) is 2.25. The molecule has 0 aromatic heterocycles. The van der Waals surface area contributed by atoms with Crippen molar-refractivity contribution in [3.63, 3.8) is 0 Å². The molecule has 0 aliphatic heterocycles. The van der Waals surface area contributed by atoms with Crippen LogP contribution in [0.3, 0.4) is 0 Å². The Morgan fingerprint density at radius 1 is 1.19 bits per heavy atom. The molecule has 0 radical (unpaired) electrons. The first-order valence-electron chi connectivity index (χ1n) is 5.15. The van der Waals surface area contributed by atoms with E-state index in [0.29, 0.717) is 17.6 Å². The van der Waals surface area contributed by atoms with E-state index in [9.17, 15) is 15.0 Å². The van der Waals surface area contributed by atoms with Crippen LogP contribution in [-0.2, 0) is 0 Å². The van der Waals surface area contributed by atoms with E-state index in [1.807, 2.05) is 6.08 Å². The molecule has 2 aliphatic carbocycles. The minimum Gasteiger partial charge on any atom is -0.508 e. The lowest BCUT2D eigenvalue weighted by molar-refractivity contribution is 0.103. The van der Waals surface area contributed by atoms with Crippen LogP contribution < -0.4 is 0 Å². The molecule has 1 aromatic rings. The van der Waals surface area contributed by atoms with Crippen molar-refractivity contribution < 1.29 is 15.0 Å². The number of aliphatic hydroxyl groups excluding tert-OH is 1. The molecule has 1 atom stereocenters. The Kier molecular flexibility index (Phi) is 1.79. The maximum Gasteiger partial charge on any atom is 0.194 e. The molecule has 0 amide bonds. The van der Waals surface area contributed by atoms with E-state index in [2.05, 4.69) is 0 Å². The van der Waals surface area contributed by atoms with E-state index in [-0.39, 0.29) is 11.5 Å². The van der Waals surface area contributed by atoms with Gasteiger partial charge in [0.2, 0.25) is 0 Å². The van der Waals surface area contributed by atoms with Crippen LogP contribution in [0.15, 0.2) is 35.9 Å². The zero-order valence-corrected chi connectivity index (χ0v) is 8.47. The van der Waals surface area contributed by atoms with Crippen LogP contribution in [0, 0.1) is 0 Å². The third kappa shape index (κ3) is 1.15. The Bertz CT molecular complexity index is 552. The van der Waals surface area contributed by atoms with Crippen molar-refractivity contribution in [1.82, 2.24) is 0 Å². The van der Waals surface area contributed by atoms with Gasteiger partial charge in [0, 0.05) is 11.1 Å². The molecule has 0 saturated heterocycles. The van der Waals surface area contributed by atoms with Crippen LogP contribution in [0.5, 0.6) is 5.75 Å². The van der Waals surface area contributed by atoms with Gasteiger partial charge in [-0.3, -0.25) is 4.79 Å². The number of fused-ring (bicyclic) bond motifs is 3. The van der Waals surface area contributed by atoms with E-state index < -0.39 is 6.10 Å². The van der Waals surface area contributed by atoms with Crippen LogP contribution in [0.25, 0.3) is 5.57 Å². The predicted octanol–water partition coefficient (Wildman–Crippen LogP) is 1.66. The second-order valence-electron chi connectivity index (χ2n) is 4.06. The summed E-state index contributed by atoms with van der Waals surface area (Å²) in [7, 11) is 0. The highest BCUT2D eigenvalue weighted by molar-refractivity contribution is 6.27. The van der Waals surface area contributed by atoms with Crippen LogP contribution in [0.4, 0.5) is 0 Å². The van der Waals surface area contributed by atoms with Gasteiger partial charge in [0.25, 0.3) is 0 Å². The minimum absolute atomic E-state index is 0.0903. The monoisotopic (exact) mass is 214 g/mol. The van der Waals surface area contributed by atoms with Gasteiger partial charge < -0.3 is 10.2 Å². The van der Waals surface area contributed by atoms with Gasteiger partial charge in [-0.15, -0.1) is 0 Å². The Labute approximate surface area is 92.3 Å². The van der Waals surface area contributed by atoms with E-state index in [0.717, 1.165) is 11.1 Å². The second-order valence-corrected chi connectivity index (χ2v) is 4.06. The van der Waals surface area contributed by atoms with Gasteiger partial charge >= 0.3 is 0 Å². The number of phenolic OH excluding ortho intramolecular Hbond substituents is 1. The maximum atomic E-state index is 12.0. The predicted molar refractivity (Wildman–Crippen MR) is 59.1 cm³/mol. The second kappa shape index (κ2) is 3.06. The molecule has 0 saturated carbocycles. The lowest BCUT2D eigenvalue weighted by atomic mass is 9.96. The molecule has 80 valence electrons. The number of hydrogen-bond acceptors (Lipinski definition) is 3. The molecule has 3 nitrogen and oxygen atoms in total. The number of Topliss-reactive ketones (excluding diaryl/α,β-unsaturated/α-hetero) is 1. The summed E-state index contributed by atoms with van der Waals surface area (Å²) >= 11 is 0. The topological polar surface area (TPSA) is 57.5 Å². The molecular weight excluding hydrogens is 204 g/mol. The number of aliphatic hydroxyl groups is 1. The number of aromatic hydroxyl groups is 1. The molecule has 1 unspecified atom stereocenters. The van der Waals surface area contributed by atoms with Crippen molar-refractivity contribution in [2.75, 3.05) is 0 Å². The first-order chi connectivity index (χ1) is 7.66. The lowest BCUT2D eigenvalue weighted by Crippen LogP contribution is -2.08. The Morgan fingerprint density at radius 2 is 2.00 bits per heavy atom. The van der Waals surface area contributed by atoms with E-state index in [1.54, 1.807) is 18.2 Å². The quantitative estimate of drug-likeness (QED) is 0.690. The standard InChI is InChI=1S/C13H10O3/c14-7-1-3-9-10-4-2-8(15)6-12(10)13(16)11(9)5-7/h1,3-6,8,14-15H,2H2. The molecule has 3 rings (SSSR count). The summed E-state index contributed by atoms with van der Waals surface area (Å²) in [5.74, 6) is -0.0246. The summed E-state index contributed by atoms with van der Waals surface area (Å²) in [4.78, 5) is 12.0. The minimum atomic E-state index is -0.578. The third-order valence-electron chi connectivity index (χ3n) is 3.00. The van der Waals surface area contributed by atoms with Crippen molar-refractivity contribution in [2.24, 2.45) is 0 Å². The fraction of sp³-hybridized carbons (Fsp3) is 0.154. The first-order valence-corrected chi connectivity index (χ1v) is 5.15. The van der Waals surface area contributed by atoms with E-state index in [1.165, 1.54) is 6.07 Å². The van der Waals surface area contributed by atoms with Crippen molar-refractivity contribution in [3.05, 3.63) is 47.1 Å².